The van der Waals surface area contributed by atoms with Gasteiger partial charge in [-0.05, 0) is 17.3 Å². The molecule has 0 radical (unpaired) electrons. The number of hydrogen-bond donors (Lipinski definition) is 1. The summed E-state index contributed by atoms with van der Waals surface area (Å²) < 4.78 is 0. The first-order chi connectivity index (χ1) is 7.65. The highest BCUT2D eigenvalue weighted by Crippen LogP contribution is 2.15. The molecule has 1 N–H and O–H groups in total. The number of rotatable bonds is 3. The van der Waals surface area contributed by atoms with Crippen molar-refractivity contribution in [1.29, 1.82) is 0 Å². The van der Waals surface area contributed by atoms with E-state index < -0.39 is 6.10 Å². The van der Waals surface area contributed by atoms with Gasteiger partial charge in [0.15, 0.2) is 5.82 Å². The molecule has 0 saturated carbocycles. The number of hydrogen-bond acceptors (Lipinski definition) is 5. The second kappa shape index (κ2) is 4.54. The maximum Gasteiger partial charge on any atom is 0.177 e. The van der Waals surface area contributed by atoms with Crippen molar-refractivity contribution in [3.63, 3.8) is 0 Å². The van der Waals surface area contributed by atoms with Crippen molar-refractivity contribution in [3.05, 3.63) is 34.9 Å². The second-order valence-electron chi connectivity index (χ2n) is 3.32. The molecule has 0 saturated heterocycles. The van der Waals surface area contributed by atoms with Gasteiger partial charge in [-0.15, -0.1) is 10.2 Å². The van der Waals surface area contributed by atoms with Gasteiger partial charge in [0.1, 0.15) is 6.10 Å². The molecule has 0 aliphatic heterocycles. The molecule has 6 nitrogen and oxygen atoms in total. The van der Waals surface area contributed by atoms with E-state index in [9.17, 15) is 5.11 Å². The molecule has 2 rings (SSSR count). The van der Waals surface area contributed by atoms with E-state index in [4.69, 9.17) is 11.6 Å². The Hall–Kier alpha value is -1.53. The maximum absolute atomic E-state index is 9.85. The smallest absolute Gasteiger partial charge is 0.177 e. The molecule has 16 heavy (non-hydrogen) atoms. The predicted molar refractivity (Wildman–Crippen MR) is 56.7 cm³/mol. The highest BCUT2D eigenvalue weighted by molar-refractivity contribution is 6.30. The van der Waals surface area contributed by atoms with Crippen LogP contribution in [0.5, 0.6) is 0 Å². The third kappa shape index (κ3) is 2.53. The summed E-state index contributed by atoms with van der Waals surface area (Å²) in [5, 5.41) is 21.8. The highest BCUT2D eigenvalue weighted by atomic mass is 35.5. The Morgan fingerprint density at radius 2 is 2.31 bits per heavy atom. The fourth-order valence-corrected chi connectivity index (χ4v) is 1.38. The van der Waals surface area contributed by atoms with Crippen LogP contribution in [0.25, 0.3) is 0 Å². The van der Waals surface area contributed by atoms with Crippen LogP contribution in [-0.4, -0.2) is 30.3 Å². The molecule has 0 aliphatic carbocycles. The normalized spacial score (nSPS) is 12.7. The molecule has 2 aromatic rings. The van der Waals surface area contributed by atoms with E-state index in [0.29, 0.717) is 16.5 Å². The van der Waals surface area contributed by atoms with Crippen molar-refractivity contribution >= 4 is 11.6 Å². The number of aromatic nitrogens is 5. The molecular weight excluding hydrogens is 230 g/mol. The summed E-state index contributed by atoms with van der Waals surface area (Å²) in [5.74, 6) is 0.478. The summed E-state index contributed by atoms with van der Waals surface area (Å²) in [6, 6.07) is 3.35. The molecule has 0 amide bonds. The fraction of sp³-hybridized carbons (Fsp3) is 0.333. The number of nitrogens with zero attached hydrogens (tertiary/aromatic N) is 5. The summed E-state index contributed by atoms with van der Waals surface area (Å²) >= 11 is 5.70. The zero-order valence-corrected chi connectivity index (χ0v) is 9.33. The molecule has 1 atom stereocenters. The monoisotopic (exact) mass is 239 g/mol. The minimum absolute atomic E-state index is 0.280. The lowest BCUT2D eigenvalue weighted by molar-refractivity contribution is 0.171. The number of aliphatic hydroxyl groups excluding tert-OH is 1. The van der Waals surface area contributed by atoms with Gasteiger partial charge in [-0.25, -0.2) is 0 Å². The molecule has 0 bridgehead atoms. The van der Waals surface area contributed by atoms with E-state index in [1.54, 1.807) is 19.2 Å². The van der Waals surface area contributed by atoms with Crippen molar-refractivity contribution in [1.82, 2.24) is 25.2 Å². The standard InChI is InChI=1S/C9H10ClN5O/c1-15-13-9(12-14-15)4-8(16)7-3-2-6(10)5-11-7/h2-3,5,8,16H,4H2,1H3. The van der Waals surface area contributed by atoms with Crippen LogP contribution in [-0.2, 0) is 13.5 Å². The number of aryl methyl sites for hydroxylation is 1. The van der Waals surface area contributed by atoms with Crippen molar-refractivity contribution in [2.75, 3.05) is 0 Å². The van der Waals surface area contributed by atoms with Crippen LogP contribution in [0.4, 0.5) is 0 Å². The summed E-state index contributed by atoms with van der Waals surface area (Å²) in [7, 11) is 1.67. The number of pyridine rings is 1. The molecule has 0 aromatic carbocycles. The number of aliphatic hydroxyl groups is 1. The van der Waals surface area contributed by atoms with Gasteiger partial charge in [0, 0.05) is 12.6 Å². The van der Waals surface area contributed by atoms with Crippen LogP contribution in [0, 0.1) is 0 Å². The lowest BCUT2D eigenvalue weighted by Gasteiger charge is -2.06. The van der Waals surface area contributed by atoms with Crippen LogP contribution in [0.3, 0.4) is 0 Å². The van der Waals surface area contributed by atoms with Crippen molar-refractivity contribution < 1.29 is 5.11 Å². The lowest BCUT2D eigenvalue weighted by Crippen LogP contribution is -2.05. The molecule has 2 heterocycles. The average Bonchev–Trinajstić information content (AvgIpc) is 2.65. The first kappa shape index (κ1) is 11.0. The summed E-state index contributed by atoms with van der Waals surface area (Å²) in [6.07, 6.45) is 1.02. The van der Waals surface area contributed by atoms with Gasteiger partial charge in [-0.3, -0.25) is 4.98 Å². The van der Waals surface area contributed by atoms with E-state index in [1.807, 2.05) is 0 Å². The average molecular weight is 240 g/mol. The highest BCUT2D eigenvalue weighted by Gasteiger charge is 2.13. The van der Waals surface area contributed by atoms with E-state index in [0.717, 1.165) is 0 Å². The fourth-order valence-electron chi connectivity index (χ4n) is 1.27. The Kier molecular flexibility index (Phi) is 3.12. The molecule has 84 valence electrons. The van der Waals surface area contributed by atoms with Gasteiger partial charge >= 0.3 is 0 Å². The predicted octanol–water partition coefficient (Wildman–Crippen LogP) is 0.535. The zero-order chi connectivity index (χ0) is 11.5. The number of tetrazole rings is 1. The van der Waals surface area contributed by atoms with Gasteiger partial charge < -0.3 is 5.11 Å². The van der Waals surface area contributed by atoms with Crippen LogP contribution in [0.2, 0.25) is 5.02 Å². The minimum atomic E-state index is -0.749. The maximum atomic E-state index is 9.85. The van der Waals surface area contributed by atoms with Gasteiger partial charge in [0.25, 0.3) is 0 Å². The second-order valence-corrected chi connectivity index (χ2v) is 3.75. The molecule has 0 fully saturated rings. The summed E-state index contributed by atoms with van der Waals surface area (Å²) in [5.41, 5.74) is 0.539. The zero-order valence-electron chi connectivity index (χ0n) is 8.58. The third-order valence-corrected chi connectivity index (χ3v) is 2.24. The Morgan fingerprint density at radius 3 is 2.88 bits per heavy atom. The quantitative estimate of drug-likeness (QED) is 0.846. The van der Waals surface area contributed by atoms with Crippen LogP contribution in [0.1, 0.15) is 17.6 Å². The minimum Gasteiger partial charge on any atom is -0.386 e. The van der Waals surface area contributed by atoms with E-state index in [-0.39, 0.29) is 6.42 Å². The van der Waals surface area contributed by atoms with Gasteiger partial charge in [0.2, 0.25) is 0 Å². The Labute approximate surface area is 96.9 Å². The van der Waals surface area contributed by atoms with Crippen LogP contribution in [0.15, 0.2) is 18.3 Å². The largest absolute Gasteiger partial charge is 0.386 e. The van der Waals surface area contributed by atoms with Crippen molar-refractivity contribution in [2.45, 2.75) is 12.5 Å². The molecule has 2 aromatic heterocycles. The van der Waals surface area contributed by atoms with Crippen LogP contribution >= 0.6 is 11.6 Å². The van der Waals surface area contributed by atoms with Gasteiger partial charge in [-0.1, -0.05) is 11.6 Å². The summed E-state index contributed by atoms with van der Waals surface area (Å²) in [6.45, 7) is 0. The number of halogens is 1. The topological polar surface area (TPSA) is 76.7 Å². The van der Waals surface area contributed by atoms with Gasteiger partial charge in [-0.2, -0.15) is 4.80 Å². The van der Waals surface area contributed by atoms with Crippen LogP contribution < -0.4 is 0 Å². The Morgan fingerprint density at radius 1 is 1.50 bits per heavy atom. The Balaban J connectivity index is 2.08. The summed E-state index contributed by atoms with van der Waals surface area (Å²) in [4.78, 5) is 5.36. The molecule has 1 unspecified atom stereocenters. The molecule has 0 aliphatic rings. The van der Waals surface area contributed by atoms with E-state index in [1.165, 1.54) is 11.0 Å². The molecule has 7 heteroatoms. The first-order valence-corrected chi connectivity index (χ1v) is 5.05. The van der Waals surface area contributed by atoms with E-state index >= 15 is 0 Å². The van der Waals surface area contributed by atoms with Gasteiger partial charge in [0.05, 0.1) is 17.8 Å². The van der Waals surface area contributed by atoms with Crippen molar-refractivity contribution in [2.24, 2.45) is 7.05 Å². The van der Waals surface area contributed by atoms with Crippen molar-refractivity contribution in [3.8, 4) is 0 Å². The lowest BCUT2D eigenvalue weighted by atomic mass is 10.1. The molecular formula is C9H10ClN5O. The Bertz CT molecular complexity index is 469. The third-order valence-electron chi connectivity index (χ3n) is 2.02. The first-order valence-electron chi connectivity index (χ1n) is 4.67. The SMILES string of the molecule is Cn1nnc(CC(O)c2ccc(Cl)cn2)n1. The van der Waals surface area contributed by atoms with E-state index in [2.05, 4.69) is 20.4 Å². The molecule has 0 spiro atoms.